The number of carbonyl (C=O) groups excluding carboxylic acids is 2. The quantitative estimate of drug-likeness (QED) is 0.627. The summed E-state index contributed by atoms with van der Waals surface area (Å²) in [6, 6.07) is 9.21. The van der Waals surface area contributed by atoms with Gasteiger partial charge in [0.25, 0.3) is 11.8 Å². The molecule has 2 amide bonds. The van der Waals surface area contributed by atoms with Crippen LogP contribution in [0.3, 0.4) is 0 Å². The Morgan fingerprint density at radius 3 is 2.10 bits per heavy atom. The van der Waals surface area contributed by atoms with E-state index < -0.39 is 5.82 Å². The number of nitrogens with zero attached hydrogens (tertiary/aromatic N) is 4. The van der Waals surface area contributed by atoms with Crippen LogP contribution in [0.15, 0.2) is 36.4 Å². The number of fused-ring (bicyclic) bond motifs is 1. The highest BCUT2D eigenvalue weighted by atomic mass is 35.5. The molecule has 154 valence electrons. The van der Waals surface area contributed by atoms with E-state index >= 15 is 0 Å². The fourth-order valence-electron chi connectivity index (χ4n) is 3.52. The highest BCUT2D eigenvalue weighted by Crippen LogP contribution is 2.22. The van der Waals surface area contributed by atoms with Gasteiger partial charge in [-0.05, 0) is 44.2 Å². The molecule has 0 saturated carbocycles. The maximum absolute atomic E-state index is 14.1. The molecule has 1 fully saturated rings. The number of benzene rings is 2. The third-order valence-electron chi connectivity index (χ3n) is 5.32. The Morgan fingerprint density at radius 2 is 1.47 bits per heavy atom. The summed E-state index contributed by atoms with van der Waals surface area (Å²) >= 11 is 5.88. The molecule has 0 radical (unpaired) electrons. The van der Waals surface area contributed by atoms with Gasteiger partial charge in [-0.3, -0.25) is 9.59 Å². The average molecular weight is 427 g/mol. The van der Waals surface area contributed by atoms with E-state index in [9.17, 15) is 14.0 Å². The first-order valence-corrected chi connectivity index (χ1v) is 10.00. The van der Waals surface area contributed by atoms with Crippen molar-refractivity contribution < 1.29 is 14.0 Å². The first-order chi connectivity index (χ1) is 14.3. The minimum atomic E-state index is -0.528. The van der Waals surface area contributed by atoms with Gasteiger partial charge in [-0.1, -0.05) is 11.6 Å². The van der Waals surface area contributed by atoms with Gasteiger partial charge in [0.15, 0.2) is 0 Å². The molecule has 0 bridgehead atoms. The van der Waals surface area contributed by atoms with Crippen LogP contribution >= 0.6 is 11.6 Å². The van der Waals surface area contributed by atoms with Crippen molar-refractivity contribution in [2.75, 3.05) is 26.2 Å². The second-order valence-corrected chi connectivity index (χ2v) is 7.74. The predicted octanol–water partition coefficient (Wildman–Crippen LogP) is 3.64. The summed E-state index contributed by atoms with van der Waals surface area (Å²) in [5.74, 6) is -0.942. The van der Waals surface area contributed by atoms with Crippen molar-refractivity contribution in [2.24, 2.45) is 0 Å². The molecule has 2 aromatic carbocycles. The molecule has 6 nitrogen and oxygen atoms in total. The number of piperazine rings is 1. The van der Waals surface area contributed by atoms with Gasteiger partial charge in [0.1, 0.15) is 11.3 Å². The van der Waals surface area contributed by atoms with E-state index in [2.05, 4.69) is 9.97 Å². The zero-order chi connectivity index (χ0) is 21.4. The zero-order valence-electron chi connectivity index (χ0n) is 16.7. The van der Waals surface area contributed by atoms with Gasteiger partial charge in [-0.15, -0.1) is 0 Å². The summed E-state index contributed by atoms with van der Waals surface area (Å²) in [5, 5.41) is 0.567. The topological polar surface area (TPSA) is 66.4 Å². The Labute approximate surface area is 178 Å². The van der Waals surface area contributed by atoms with Crippen LogP contribution in [0, 0.1) is 19.7 Å². The monoisotopic (exact) mass is 426 g/mol. The van der Waals surface area contributed by atoms with Gasteiger partial charge < -0.3 is 9.80 Å². The first kappa shape index (κ1) is 20.2. The molecule has 3 aromatic rings. The van der Waals surface area contributed by atoms with Crippen LogP contribution in [-0.2, 0) is 0 Å². The predicted molar refractivity (Wildman–Crippen MR) is 112 cm³/mol. The van der Waals surface area contributed by atoms with E-state index in [1.165, 1.54) is 12.1 Å². The Hall–Kier alpha value is -3.06. The lowest BCUT2D eigenvalue weighted by atomic mass is 10.1. The SMILES string of the molecule is Cc1nc2cc(F)cc(C(=O)N3CCN(C(=O)c4ccc(Cl)cc4)CC3)c2nc1C. The van der Waals surface area contributed by atoms with Crippen LogP contribution in [-0.4, -0.2) is 57.8 Å². The van der Waals surface area contributed by atoms with E-state index in [0.29, 0.717) is 59.2 Å². The van der Waals surface area contributed by atoms with Crippen molar-refractivity contribution in [2.45, 2.75) is 13.8 Å². The minimum Gasteiger partial charge on any atom is -0.335 e. The molecule has 1 aliphatic heterocycles. The smallest absolute Gasteiger partial charge is 0.256 e. The molecular formula is C22H20ClFN4O2. The molecule has 0 aliphatic carbocycles. The van der Waals surface area contributed by atoms with E-state index in [-0.39, 0.29) is 17.4 Å². The maximum Gasteiger partial charge on any atom is 0.256 e. The van der Waals surface area contributed by atoms with Crippen molar-refractivity contribution >= 4 is 34.4 Å². The van der Waals surface area contributed by atoms with Crippen molar-refractivity contribution in [3.05, 3.63) is 69.8 Å². The standard InChI is InChI=1S/C22H20ClFN4O2/c1-13-14(2)26-20-18(11-17(24)12-19(20)25-13)22(30)28-9-7-27(8-10-28)21(29)15-3-5-16(23)6-4-15/h3-6,11-12H,7-10H2,1-2H3. The molecule has 4 rings (SSSR count). The van der Waals surface area contributed by atoms with Crippen LogP contribution in [0.5, 0.6) is 0 Å². The van der Waals surface area contributed by atoms with E-state index in [1.54, 1.807) is 47.9 Å². The van der Waals surface area contributed by atoms with Crippen molar-refractivity contribution in [3.63, 3.8) is 0 Å². The molecule has 2 heterocycles. The van der Waals surface area contributed by atoms with E-state index in [4.69, 9.17) is 11.6 Å². The lowest BCUT2D eigenvalue weighted by Gasteiger charge is -2.35. The second-order valence-electron chi connectivity index (χ2n) is 7.31. The fourth-order valence-corrected chi connectivity index (χ4v) is 3.64. The van der Waals surface area contributed by atoms with Crippen LogP contribution in [0.2, 0.25) is 5.02 Å². The van der Waals surface area contributed by atoms with Gasteiger partial charge in [-0.2, -0.15) is 0 Å². The van der Waals surface area contributed by atoms with Crippen molar-refractivity contribution in [1.82, 2.24) is 19.8 Å². The van der Waals surface area contributed by atoms with Crippen molar-refractivity contribution in [1.29, 1.82) is 0 Å². The average Bonchev–Trinajstić information content (AvgIpc) is 2.74. The Bertz CT molecular complexity index is 1140. The van der Waals surface area contributed by atoms with Crippen LogP contribution in [0.1, 0.15) is 32.1 Å². The van der Waals surface area contributed by atoms with E-state index in [0.717, 1.165) is 0 Å². The van der Waals surface area contributed by atoms with E-state index in [1.807, 2.05) is 0 Å². The Morgan fingerprint density at radius 1 is 0.900 bits per heavy atom. The Balaban J connectivity index is 1.53. The number of carbonyl (C=O) groups is 2. The summed E-state index contributed by atoms with van der Waals surface area (Å²) in [6.07, 6.45) is 0. The number of rotatable bonds is 2. The second kappa shape index (κ2) is 7.99. The number of aromatic nitrogens is 2. The molecule has 1 aliphatic rings. The fraction of sp³-hybridized carbons (Fsp3) is 0.273. The number of halogens is 2. The zero-order valence-corrected chi connectivity index (χ0v) is 17.4. The van der Waals surface area contributed by atoms with Crippen LogP contribution < -0.4 is 0 Å². The van der Waals surface area contributed by atoms with Gasteiger partial charge >= 0.3 is 0 Å². The molecular weight excluding hydrogens is 407 g/mol. The highest BCUT2D eigenvalue weighted by molar-refractivity contribution is 6.30. The lowest BCUT2D eigenvalue weighted by molar-refractivity contribution is 0.0536. The molecule has 0 unspecified atom stereocenters. The maximum atomic E-state index is 14.1. The highest BCUT2D eigenvalue weighted by Gasteiger charge is 2.27. The molecule has 0 spiro atoms. The van der Waals surface area contributed by atoms with Crippen LogP contribution in [0.25, 0.3) is 11.0 Å². The number of hydrogen-bond acceptors (Lipinski definition) is 4. The number of hydrogen-bond donors (Lipinski definition) is 0. The minimum absolute atomic E-state index is 0.105. The molecule has 0 atom stereocenters. The third-order valence-corrected chi connectivity index (χ3v) is 5.57. The normalized spacial score (nSPS) is 14.3. The number of amides is 2. The lowest BCUT2D eigenvalue weighted by Crippen LogP contribution is -2.50. The van der Waals surface area contributed by atoms with Gasteiger partial charge in [-0.25, -0.2) is 14.4 Å². The summed E-state index contributed by atoms with van der Waals surface area (Å²) in [5.41, 5.74) is 2.89. The van der Waals surface area contributed by atoms with Crippen molar-refractivity contribution in [3.8, 4) is 0 Å². The summed E-state index contributed by atoms with van der Waals surface area (Å²) in [6.45, 7) is 5.10. The summed E-state index contributed by atoms with van der Waals surface area (Å²) < 4.78 is 14.1. The van der Waals surface area contributed by atoms with Crippen LogP contribution in [0.4, 0.5) is 4.39 Å². The van der Waals surface area contributed by atoms with Gasteiger partial charge in [0.05, 0.1) is 22.5 Å². The summed E-state index contributed by atoms with van der Waals surface area (Å²) in [4.78, 5) is 37.9. The Kier molecular flexibility index (Phi) is 5.39. The third kappa shape index (κ3) is 3.85. The first-order valence-electron chi connectivity index (χ1n) is 9.62. The molecule has 30 heavy (non-hydrogen) atoms. The number of aryl methyl sites for hydroxylation is 2. The molecule has 1 saturated heterocycles. The molecule has 8 heteroatoms. The van der Waals surface area contributed by atoms with Gasteiger partial charge in [0.2, 0.25) is 0 Å². The molecule has 1 aromatic heterocycles. The van der Waals surface area contributed by atoms with Gasteiger partial charge in [0, 0.05) is 42.8 Å². The largest absolute Gasteiger partial charge is 0.335 e. The summed E-state index contributed by atoms with van der Waals surface area (Å²) in [7, 11) is 0. The molecule has 0 N–H and O–H groups in total.